The maximum atomic E-state index is 13.0. The molecule has 6 N–H and O–H groups in total. The lowest BCUT2D eigenvalue weighted by Gasteiger charge is -2.38. The highest BCUT2D eigenvalue weighted by Gasteiger charge is 2.34. The van der Waals surface area contributed by atoms with Gasteiger partial charge in [-0.05, 0) is 107 Å². The third-order valence-corrected chi connectivity index (χ3v) is 7.55. The molecule has 0 saturated carbocycles. The summed E-state index contributed by atoms with van der Waals surface area (Å²) in [7, 11) is 0. The van der Waals surface area contributed by atoms with Gasteiger partial charge < -0.3 is 36.1 Å². The maximum absolute atomic E-state index is 13.0. The van der Waals surface area contributed by atoms with Crippen LogP contribution < -0.4 is 26.3 Å². The highest BCUT2D eigenvalue weighted by atomic mass is 16.5. The van der Waals surface area contributed by atoms with Crippen LogP contribution in [0.1, 0.15) is 69.7 Å². The smallest absolute Gasteiger partial charge is 0.338 e. The molecule has 1 amide bonds. The van der Waals surface area contributed by atoms with Crippen LogP contribution in [0, 0.1) is 20.8 Å². The molecule has 1 heterocycles. The molecule has 1 aliphatic rings. The number of benzene rings is 3. The summed E-state index contributed by atoms with van der Waals surface area (Å²) in [5, 5.41) is 13.2. The second-order valence-corrected chi connectivity index (χ2v) is 10.7. The Morgan fingerprint density at radius 3 is 2.40 bits per heavy atom. The minimum Gasteiger partial charge on any atom is -0.507 e. The average Bonchev–Trinajstić information content (AvgIpc) is 2.95. The van der Waals surface area contributed by atoms with E-state index in [1.165, 1.54) is 18.2 Å². The molecule has 10 heteroatoms. The Morgan fingerprint density at radius 2 is 1.74 bits per heavy atom. The molecular formula is C32H38N4O6. The van der Waals surface area contributed by atoms with Crippen LogP contribution in [-0.4, -0.2) is 41.8 Å². The Morgan fingerprint density at radius 1 is 1.05 bits per heavy atom. The summed E-state index contributed by atoms with van der Waals surface area (Å²) in [4.78, 5) is 29.2. The van der Waals surface area contributed by atoms with Crippen LogP contribution in [0.2, 0.25) is 0 Å². The molecule has 0 fully saturated rings. The van der Waals surface area contributed by atoms with Crippen molar-refractivity contribution in [2.24, 2.45) is 16.5 Å². The van der Waals surface area contributed by atoms with Gasteiger partial charge in [-0.3, -0.25) is 4.79 Å². The van der Waals surface area contributed by atoms with E-state index in [2.05, 4.69) is 17.2 Å². The Labute approximate surface area is 245 Å². The highest BCUT2D eigenvalue weighted by Crippen LogP contribution is 2.44. The number of carbonyl (C=O) groups excluding carboxylic acids is 2. The lowest BCUT2D eigenvalue weighted by Crippen LogP contribution is -2.38. The molecule has 0 bridgehead atoms. The van der Waals surface area contributed by atoms with E-state index in [1.54, 1.807) is 31.2 Å². The summed E-state index contributed by atoms with van der Waals surface area (Å²) in [5.74, 6) is 0.639. The van der Waals surface area contributed by atoms with E-state index in [1.807, 2.05) is 20.8 Å². The zero-order chi connectivity index (χ0) is 30.6. The summed E-state index contributed by atoms with van der Waals surface area (Å²) in [6.45, 7) is 10.2. The van der Waals surface area contributed by atoms with E-state index >= 15 is 0 Å². The fourth-order valence-electron chi connectivity index (χ4n) is 4.98. The number of carbonyl (C=O) groups is 2. The largest absolute Gasteiger partial charge is 0.507 e. The molecule has 222 valence electrons. The van der Waals surface area contributed by atoms with E-state index in [0.717, 1.165) is 40.8 Å². The van der Waals surface area contributed by atoms with Crippen molar-refractivity contribution in [3.05, 3.63) is 75.8 Å². The van der Waals surface area contributed by atoms with Gasteiger partial charge in [0, 0.05) is 23.2 Å². The van der Waals surface area contributed by atoms with Crippen LogP contribution in [-0.2, 0) is 11.2 Å². The predicted octanol–water partition coefficient (Wildman–Crippen LogP) is 5.20. The molecule has 0 aliphatic carbocycles. The van der Waals surface area contributed by atoms with E-state index < -0.39 is 17.5 Å². The number of esters is 1. The van der Waals surface area contributed by atoms with Crippen LogP contribution in [0.4, 0.5) is 11.4 Å². The van der Waals surface area contributed by atoms with Crippen LogP contribution in [0.15, 0.2) is 47.5 Å². The molecule has 1 unspecified atom stereocenters. The predicted molar refractivity (Wildman–Crippen MR) is 162 cm³/mol. The van der Waals surface area contributed by atoms with Gasteiger partial charge in [-0.1, -0.05) is 0 Å². The molecule has 3 aromatic rings. The van der Waals surface area contributed by atoms with Crippen LogP contribution in [0.5, 0.6) is 17.2 Å². The number of nitrogens with two attached hydrogens (primary N) is 2. The zero-order valence-electron chi connectivity index (χ0n) is 24.7. The highest BCUT2D eigenvalue weighted by molar-refractivity contribution is 6.06. The van der Waals surface area contributed by atoms with Crippen molar-refractivity contribution in [1.29, 1.82) is 0 Å². The Kier molecular flexibility index (Phi) is 8.94. The monoisotopic (exact) mass is 574 g/mol. The second kappa shape index (κ2) is 12.4. The minimum atomic E-state index is -0.586. The summed E-state index contributed by atoms with van der Waals surface area (Å²) >= 11 is 0. The molecule has 42 heavy (non-hydrogen) atoms. The molecule has 0 aromatic heterocycles. The van der Waals surface area contributed by atoms with Crippen molar-refractivity contribution in [2.45, 2.75) is 59.5 Å². The molecule has 1 atom stereocenters. The SMILES string of the molecule is CCOC(=O)c1cc(N=C(N)N)cc(C(=O)Nc2ccc(OCCC3(C)CCc4c(C)c(O)c(C)c(C)c4O3)cc2)c1. The molecule has 10 nitrogen and oxygen atoms in total. The number of guanidine groups is 1. The van der Waals surface area contributed by atoms with Crippen molar-refractivity contribution >= 4 is 29.2 Å². The summed E-state index contributed by atoms with van der Waals surface area (Å²) in [6.07, 6.45) is 2.33. The number of anilines is 1. The number of nitrogens with one attached hydrogen (secondary N) is 1. The number of ether oxygens (including phenoxy) is 3. The third-order valence-electron chi connectivity index (χ3n) is 7.55. The molecule has 0 saturated heterocycles. The number of rotatable bonds is 9. The second-order valence-electron chi connectivity index (χ2n) is 10.7. The number of amides is 1. The van der Waals surface area contributed by atoms with Crippen molar-refractivity contribution in [3.8, 4) is 17.2 Å². The van der Waals surface area contributed by atoms with Crippen molar-refractivity contribution in [3.63, 3.8) is 0 Å². The number of hydrogen-bond donors (Lipinski definition) is 4. The van der Waals surface area contributed by atoms with E-state index in [0.29, 0.717) is 30.2 Å². The average molecular weight is 575 g/mol. The van der Waals surface area contributed by atoms with Gasteiger partial charge in [0.25, 0.3) is 5.91 Å². The van der Waals surface area contributed by atoms with Gasteiger partial charge >= 0.3 is 5.97 Å². The van der Waals surface area contributed by atoms with Gasteiger partial charge in [0.05, 0.1) is 24.5 Å². The number of fused-ring (bicyclic) bond motifs is 1. The fourth-order valence-corrected chi connectivity index (χ4v) is 4.98. The zero-order valence-corrected chi connectivity index (χ0v) is 24.7. The van der Waals surface area contributed by atoms with Gasteiger partial charge in [0.2, 0.25) is 0 Å². The molecule has 1 aliphatic heterocycles. The third kappa shape index (κ3) is 6.76. The van der Waals surface area contributed by atoms with Gasteiger partial charge in [0.15, 0.2) is 5.96 Å². The maximum Gasteiger partial charge on any atom is 0.338 e. The topological polar surface area (TPSA) is 158 Å². The van der Waals surface area contributed by atoms with Crippen molar-refractivity contribution in [2.75, 3.05) is 18.5 Å². The standard InChI is InChI=1S/C32H38N4O6/c1-6-40-30(39)22-15-21(16-24(17-22)36-31(33)34)29(38)35-23-7-9-25(10-8-23)41-14-13-32(5)12-11-26-20(4)27(37)18(2)19(3)28(26)42-32/h7-10,15-17,37H,6,11-14H2,1-5H3,(H,35,38)(H4,33,34,36). The minimum absolute atomic E-state index is 0.158. The van der Waals surface area contributed by atoms with Crippen molar-refractivity contribution < 1.29 is 28.9 Å². The van der Waals surface area contributed by atoms with Gasteiger partial charge in [-0.25, -0.2) is 9.79 Å². The number of phenols is 1. The normalized spacial score (nSPS) is 15.6. The van der Waals surface area contributed by atoms with Gasteiger partial charge in [-0.2, -0.15) is 0 Å². The Bertz CT molecular complexity index is 1530. The van der Waals surface area contributed by atoms with E-state index in [9.17, 15) is 14.7 Å². The van der Waals surface area contributed by atoms with Gasteiger partial charge in [0.1, 0.15) is 22.8 Å². The first-order chi connectivity index (χ1) is 19.9. The van der Waals surface area contributed by atoms with Crippen molar-refractivity contribution in [1.82, 2.24) is 0 Å². The van der Waals surface area contributed by atoms with Gasteiger partial charge in [-0.15, -0.1) is 0 Å². The molecule has 0 spiro atoms. The molecule has 0 radical (unpaired) electrons. The van der Waals surface area contributed by atoms with E-state index in [4.69, 9.17) is 25.7 Å². The van der Waals surface area contributed by atoms with Crippen LogP contribution >= 0.6 is 0 Å². The summed E-state index contributed by atoms with van der Waals surface area (Å²) < 4.78 is 17.5. The lowest BCUT2D eigenvalue weighted by molar-refractivity contribution is 0.0411. The number of nitrogens with zero attached hydrogens (tertiary/aromatic N) is 1. The van der Waals surface area contributed by atoms with E-state index in [-0.39, 0.29) is 29.4 Å². The molecule has 4 rings (SSSR count). The lowest BCUT2D eigenvalue weighted by atomic mass is 9.86. The van der Waals surface area contributed by atoms with Crippen LogP contribution in [0.3, 0.4) is 0 Å². The molecule has 3 aromatic carbocycles. The number of aromatic hydroxyl groups is 1. The first-order valence-electron chi connectivity index (χ1n) is 13.9. The fraction of sp³-hybridized carbons (Fsp3) is 0.344. The first-order valence-corrected chi connectivity index (χ1v) is 13.9. The van der Waals surface area contributed by atoms with Crippen LogP contribution in [0.25, 0.3) is 0 Å². The number of phenolic OH excluding ortho intramolecular Hbond substituents is 1. The summed E-state index contributed by atoms with van der Waals surface area (Å²) in [5.41, 5.74) is 15.5. The number of hydrogen-bond acceptors (Lipinski definition) is 7. The first kappa shape index (κ1) is 30.2. The Balaban J connectivity index is 1.38. The summed E-state index contributed by atoms with van der Waals surface area (Å²) in [6, 6.07) is 11.4. The Hall–Kier alpha value is -4.73. The quantitative estimate of drug-likeness (QED) is 0.154. The number of aliphatic imine (C=N–C) groups is 1. The molecular weight excluding hydrogens is 536 g/mol.